The van der Waals surface area contributed by atoms with Crippen molar-refractivity contribution in [1.29, 1.82) is 0 Å². The Balaban J connectivity index is 2.12. The van der Waals surface area contributed by atoms with Crippen LogP contribution in [0.3, 0.4) is 0 Å². The molecular formula is C24H25N. The number of rotatable bonds is 3. The van der Waals surface area contributed by atoms with Crippen LogP contribution in [0.15, 0.2) is 66.7 Å². The first kappa shape index (κ1) is 16.0. The van der Waals surface area contributed by atoms with Gasteiger partial charge in [-0.1, -0.05) is 58.0 Å². The van der Waals surface area contributed by atoms with Gasteiger partial charge in [-0.2, -0.15) is 0 Å². The smallest absolute Gasteiger partial charge is 0.0541 e. The molecule has 0 N–H and O–H groups in total. The molecule has 0 unspecified atom stereocenters. The summed E-state index contributed by atoms with van der Waals surface area (Å²) < 4.78 is 2.39. The molecule has 1 heterocycles. The van der Waals surface area contributed by atoms with E-state index in [1.54, 1.807) is 0 Å². The fraction of sp³-hybridized carbons (Fsp3) is 0.250. The van der Waals surface area contributed by atoms with Gasteiger partial charge in [-0.15, -0.1) is 0 Å². The van der Waals surface area contributed by atoms with Crippen molar-refractivity contribution in [3.8, 4) is 5.69 Å². The van der Waals surface area contributed by atoms with Gasteiger partial charge in [0.15, 0.2) is 0 Å². The summed E-state index contributed by atoms with van der Waals surface area (Å²) in [6.07, 6.45) is 0. The Hall–Kier alpha value is -2.54. The van der Waals surface area contributed by atoms with E-state index < -0.39 is 0 Å². The number of aromatic nitrogens is 1. The molecule has 126 valence electrons. The predicted molar refractivity (Wildman–Crippen MR) is 109 cm³/mol. The summed E-state index contributed by atoms with van der Waals surface area (Å²) in [6.45, 7) is 9.04. The number of nitrogens with zero attached hydrogens (tertiary/aromatic N) is 1. The van der Waals surface area contributed by atoms with E-state index in [1.165, 1.54) is 38.6 Å². The maximum Gasteiger partial charge on any atom is 0.0541 e. The number of hydrogen-bond donors (Lipinski definition) is 0. The van der Waals surface area contributed by atoms with Gasteiger partial charge >= 0.3 is 0 Å². The maximum absolute atomic E-state index is 2.39. The van der Waals surface area contributed by atoms with E-state index in [0.29, 0.717) is 11.8 Å². The minimum absolute atomic E-state index is 0.535. The molecule has 25 heavy (non-hydrogen) atoms. The molecule has 0 aliphatic heterocycles. The van der Waals surface area contributed by atoms with E-state index in [2.05, 4.69) is 99.0 Å². The molecule has 0 radical (unpaired) electrons. The second-order valence-electron chi connectivity index (χ2n) is 7.53. The fourth-order valence-corrected chi connectivity index (χ4v) is 3.63. The van der Waals surface area contributed by atoms with Gasteiger partial charge in [0.1, 0.15) is 0 Å². The third-order valence-electron chi connectivity index (χ3n) is 5.16. The van der Waals surface area contributed by atoms with E-state index in [0.717, 1.165) is 0 Å². The van der Waals surface area contributed by atoms with Crippen molar-refractivity contribution in [2.24, 2.45) is 0 Å². The minimum atomic E-state index is 0.535. The summed E-state index contributed by atoms with van der Waals surface area (Å²) in [5.41, 5.74) is 6.58. The SMILES string of the molecule is CC(C)c1ccc2c(c1)c1cc(C(C)C)ccc1n2-c1ccccc1. The molecule has 4 aromatic rings. The molecule has 0 saturated carbocycles. The molecular weight excluding hydrogens is 302 g/mol. The van der Waals surface area contributed by atoms with Gasteiger partial charge in [0.25, 0.3) is 0 Å². The average molecular weight is 327 g/mol. The highest BCUT2D eigenvalue weighted by atomic mass is 15.0. The van der Waals surface area contributed by atoms with Crippen LogP contribution in [0.25, 0.3) is 27.5 Å². The molecule has 3 aromatic carbocycles. The molecule has 1 nitrogen and oxygen atoms in total. The van der Waals surface area contributed by atoms with Crippen molar-refractivity contribution in [1.82, 2.24) is 4.57 Å². The average Bonchev–Trinajstić information content (AvgIpc) is 2.95. The van der Waals surface area contributed by atoms with Crippen LogP contribution in [0, 0.1) is 0 Å². The Morgan fingerprint density at radius 1 is 0.600 bits per heavy atom. The van der Waals surface area contributed by atoms with Crippen LogP contribution < -0.4 is 0 Å². The molecule has 0 bridgehead atoms. The van der Waals surface area contributed by atoms with E-state index in [4.69, 9.17) is 0 Å². The third kappa shape index (κ3) is 2.64. The summed E-state index contributed by atoms with van der Waals surface area (Å²) in [7, 11) is 0. The first-order valence-corrected chi connectivity index (χ1v) is 9.19. The zero-order valence-electron chi connectivity index (χ0n) is 15.5. The van der Waals surface area contributed by atoms with Crippen molar-refractivity contribution in [3.05, 3.63) is 77.9 Å². The highest BCUT2D eigenvalue weighted by Gasteiger charge is 2.14. The molecule has 1 heteroatoms. The first-order chi connectivity index (χ1) is 12.1. The van der Waals surface area contributed by atoms with Crippen LogP contribution in [-0.4, -0.2) is 4.57 Å². The normalized spacial score (nSPS) is 11.9. The van der Waals surface area contributed by atoms with Crippen molar-refractivity contribution in [2.75, 3.05) is 0 Å². The van der Waals surface area contributed by atoms with Crippen LogP contribution in [0.1, 0.15) is 50.7 Å². The molecule has 0 atom stereocenters. The van der Waals surface area contributed by atoms with Crippen LogP contribution in [-0.2, 0) is 0 Å². The van der Waals surface area contributed by atoms with Crippen molar-refractivity contribution in [2.45, 2.75) is 39.5 Å². The maximum atomic E-state index is 2.39. The lowest BCUT2D eigenvalue weighted by molar-refractivity contribution is 0.868. The Labute approximate surface area is 149 Å². The summed E-state index contributed by atoms with van der Waals surface area (Å²) >= 11 is 0. The summed E-state index contributed by atoms with van der Waals surface area (Å²) in [5, 5.41) is 2.71. The molecule has 4 rings (SSSR count). The molecule has 0 aliphatic carbocycles. The summed E-state index contributed by atoms with van der Waals surface area (Å²) in [6, 6.07) is 24.5. The van der Waals surface area contributed by atoms with Crippen molar-refractivity contribution >= 4 is 21.8 Å². The second-order valence-corrected chi connectivity index (χ2v) is 7.53. The van der Waals surface area contributed by atoms with E-state index in [9.17, 15) is 0 Å². The Morgan fingerprint density at radius 2 is 1.08 bits per heavy atom. The highest BCUT2D eigenvalue weighted by Crippen LogP contribution is 2.35. The van der Waals surface area contributed by atoms with Gasteiger partial charge in [-0.25, -0.2) is 0 Å². The van der Waals surface area contributed by atoms with Gasteiger partial charge in [0, 0.05) is 16.5 Å². The number of fused-ring (bicyclic) bond motifs is 3. The summed E-state index contributed by atoms with van der Waals surface area (Å²) in [5.74, 6) is 1.07. The Morgan fingerprint density at radius 3 is 1.52 bits per heavy atom. The van der Waals surface area contributed by atoms with Crippen molar-refractivity contribution < 1.29 is 0 Å². The molecule has 1 aromatic heterocycles. The second kappa shape index (κ2) is 6.07. The van der Waals surface area contributed by atoms with Crippen LogP contribution in [0.4, 0.5) is 0 Å². The predicted octanol–water partition coefficient (Wildman–Crippen LogP) is 7.03. The topological polar surface area (TPSA) is 4.93 Å². The largest absolute Gasteiger partial charge is 0.309 e. The van der Waals surface area contributed by atoms with Crippen LogP contribution in [0.5, 0.6) is 0 Å². The quantitative estimate of drug-likeness (QED) is 0.380. The van der Waals surface area contributed by atoms with Gasteiger partial charge in [-0.05, 0) is 59.4 Å². The van der Waals surface area contributed by atoms with E-state index in [1.807, 2.05) is 0 Å². The Bertz CT molecular complexity index is 971. The molecule has 0 spiro atoms. The Kier molecular flexibility index (Phi) is 3.88. The minimum Gasteiger partial charge on any atom is -0.309 e. The van der Waals surface area contributed by atoms with E-state index in [-0.39, 0.29) is 0 Å². The van der Waals surface area contributed by atoms with Gasteiger partial charge in [0.2, 0.25) is 0 Å². The first-order valence-electron chi connectivity index (χ1n) is 9.19. The third-order valence-corrected chi connectivity index (χ3v) is 5.16. The monoisotopic (exact) mass is 327 g/mol. The number of para-hydroxylation sites is 1. The van der Waals surface area contributed by atoms with Crippen LogP contribution in [0.2, 0.25) is 0 Å². The number of benzene rings is 3. The molecule has 0 saturated heterocycles. The van der Waals surface area contributed by atoms with E-state index >= 15 is 0 Å². The molecule has 0 amide bonds. The lowest BCUT2D eigenvalue weighted by Gasteiger charge is -2.09. The fourth-order valence-electron chi connectivity index (χ4n) is 3.63. The zero-order valence-corrected chi connectivity index (χ0v) is 15.5. The van der Waals surface area contributed by atoms with Gasteiger partial charge in [0.05, 0.1) is 11.0 Å². The molecule has 0 fully saturated rings. The van der Waals surface area contributed by atoms with Gasteiger partial charge in [-0.3, -0.25) is 0 Å². The lowest BCUT2D eigenvalue weighted by atomic mass is 9.98. The van der Waals surface area contributed by atoms with Crippen molar-refractivity contribution in [3.63, 3.8) is 0 Å². The van der Waals surface area contributed by atoms with Crippen LogP contribution >= 0.6 is 0 Å². The lowest BCUT2D eigenvalue weighted by Crippen LogP contribution is -1.94. The van der Waals surface area contributed by atoms with Gasteiger partial charge < -0.3 is 4.57 Å². The highest BCUT2D eigenvalue weighted by molar-refractivity contribution is 6.09. The standard InChI is InChI=1S/C24H25N/c1-16(2)18-10-12-23-21(14-18)22-15-19(17(3)4)11-13-24(22)25(23)20-8-6-5-7-9-20/h5-17H,1-4H3. The zero-order chi connectivity index (χ0) is 17.6. The molecule has 0 aliphatic rings. The number of hydrogen-bond acceptors (Lipinski definition) is 0. The summed E-state index contributed by atoms with van der Waals surface area (Å²) in [4.78, 5) is 0.